The number of anilines is 3. The monoisotopic (exact) mass is 492 g/mol. The van der Waals surface area contributed by atoms with E-state index < -0.39 is 17.8 Å². The Labute approximate surface area is 207 Å². The van der Waals surface area contributed by atoms with Gasteiger partial charge in [-0.15, -0.1) is 0 Å². The summed E-state index contributed by atoms with van der Waals surface area (Å²) in [4.78, 5) is 16.4. The number of nitrogen functional groups attached to an aromatic ring is 1. The van der Waals surface area contributed by atoms with Gasteiger partial charge in [-0.25, -0.2) is 15.0 Å². The van der Waals surface area contributed by atoms with E-state index in [1.165, 1.54) is 0 Å². The molecule has 0 saturated carbocycles. The summed E-state index contributed by atoms with van der Waals surface area (Å²) in [5, 5.41) is 3.99. The minimum absolute atomic E-state index is 0.0560. The maximum absolute atomic E-state index is 13.4. The quantitative estimate of drug-likeness (QED) is 0.315. The first-order chi connectivity index (χ1) is 17.2. The molecule has 3 heterocycles. The van der Waals surface area contributed by atoms with Crippen molar-refractivity contribution in [3.8, 4) is 11.1 Å². The lowest BCUT2D eigenvalue weighted by Gasteiger charge is -2.22. The molecule has 1 aliphatic heterocycles. The predicted molar refractivity (Wildman–Crippen MR) is 137 cm³/mol. The molecule has 4 aromatic rings. The zero-order valence-corrected chi connectivity index (χ0v) is 20.1. The Kier molecular flexibility index (Phi) is 6.15. The van der Waals surface area contributed by atoms with Gasteiger partial charge in [-0.2, -0.15) is 13.2 Å². The van der Waals surface area contributed by atoms with Gasteiger partial charge in [-0.3, -0.25) is 0 Å². The second-order valence-electron chi connectivity index (χ2n) is 9.16. The number of rotatable bonds is 5. The molecule has 36 heavy (non-hydrogen) atoms. The summed E-state index contributed by atoms with van der Waals surface area (Å²) < 4.78 is 40.1. The van der Waals surface area contributed by atoms with Gasteiger partial charge in [0.05, 0.1) is 17.0 Å². The SMILES string of the molecule is Cc1nc(N[C@H](C)c2cc(N)cc(C(F)(F)F)c2)c2cc(-c3ccccc3)c(N3CCCC3)nc2n1. The van der Waals surface area contributed by atoms with Crippen LogP contribution in [0.3, 0.4) is 0 Å². The fraction of sp³-hybridized carbons (Fsp3) is 0.296. The lowest BCUT2D eigenvalue weighted by atomic mass is 10.0. The van der Waals surface area contributed by atoms with Gasteiger partial charge in [-0.05, 0) is 62.1 Å². The van der Waals surface area contributed by atoms with Crippen LogP contribution in [0, 0.1) is 6.92 Å². The first kappa shape index (κ1) is 23.8. The second-order valence-corrected chi connectivity index (χ2v) is 9.16. The largest absolute Gasteiger partial charge is 0.416 e. The van der Waals surface area contributed by atoms with Gasteiger partial charge < -0.3 is 16.0 Å². The van der Waals surface area contributed by atoms with E-state index in [9.17, 15) is 13.2 Å². The Morgan fingerprint density at radius 1 is 0.972 bits per heavy atom. The summed E-state index contributed by atoms with van der Waals surface area (Å²) in [5.74, 6) is 1.92. The standard InChI is InChI=1S/C27H27F3N6/c1-16(19-12-20(27(28,29)30)14-21(31)13-19)32-24-23-15-22(18-8-4-3-5-9-18)26(36-10-6-7-11-36)35-25(23)34-17(2)33-24/h3-5,8-9,12-16H,6-7,10-11,31H2,1-2H3,(H,32,33,34,35)/t16-/m1/s1. The number of hydrogen-bond acceptors (Lipinski definition) is 6. The summed E-state index contributed by atoms with van der Waals surface area (Å²) in [6.07, 6.45) is -2.26. The minimum Gasteiger partial charge on any atom is -0.399 e. The molecule has 0 spiro atoms. The summed E-state index contributed by atoms with van der Waals surface area (Å²) in [6, 6.07) is 15.1. The van der Waals surface area contributed by atoms with Crippen molar-refractivity contribution < 1.29 is 13.2 Å². The minimum atomic E-state index is -4.48. The molecule has 1 atom stereocenters. The number of hydrogen-bond donors (Lipinski definition) is 2. The molecule has 0 unspecified atom stereocenters. The molecule has 186 valence electrons. The maximum Gasteiger partial charge on any atom is 0.416 e. The van der Waals surface area contributed by atoms with Crippen LogP contribution in [0.15, 0.2) is 54.6 Å². The fourth-order valence-corrected chi connectivity index (χ4v) is 4.64. The average molecular weight is 493 g/mol. The number of fused-ring (bicyclic) bond motifs is 1. The first-order valence-corrected chi connectivity index (χ1v) is 11.9. The van der Waals surface area contributed by atoms with Crippen LogP contribution < -0.4 is 16.0 Å². The van der Waals surface area contributed by atoms with Gasteiger partial charge in [-0.1, -0.05) is 30.3 Å². The van der Waals surface area contributed by atoms with E-state index in [1.807, 2.05) is 36.4 Å². The highest BCUT2D eigenvalue weighted by atomic mass is 19.4. The highest BCUT2D eigenvalue weighted by Gasteiger charge is 2.31. The Morgan fingerprint density at radius 2 is 1.69 bits per heavy atom. The van der Waals surface area contributed by atoms with Crippen molar-refractivity contribution in [1.29, 1.82) is 0 Å². The summed E-state index contributed by atoms with van der Waals surface area (Å²) in [6.45, 7) is 5.42. The highest BCUT2D eigenvalue weighted by Crippen LogP contribution is 2.37. The summed E-state index contributed by atoms with van der Waals surface area (Å²) >= 11 is 0. The van der Waals surface area contributed by atoms with Gasteiger partial charge in [0, 0.05) is 24.3 Å². The lowest BCUT2D eigenvalue weighted by molar-refractivity contribution is -0.137. The van der Waals surface area contributed by atoms with E-state index in [4.69, 9.17) is 10.7 Å². The van der Waals surface area contributed by atoms with Crippen molar-refractivity contribution in [2.45, 2.75) is 38.9 Å². The molecule has 2 aromatic heterocycles. The molecule has 2 aromatic carbocycles. The number of benzene rings is 2. The van der Waals surface area contributed by atoms with Crippen LogP contribution >= 0.6 is 0 Å². The fourth-order valence-electron chi connectivity index (χ4n) is 4.64. The lowest BCUT2D eigenvalue weighted by Crippen LogP contribution is -2.20. The Bertz CT molecular complexity index is 1400. The van der Waals surface area contributed by atoms with Crippen LogP contribution in [0.4, 0.5) is 30.5 Å². The zero-order chi connectivity index (χ0) is 25.4. The molecule has 9 heteroatoms. The van der Waals surface area contributed by atoms with Gasteiger partial charge >= 0.3 is 6.18 Å². The van der Waals surface area contributed by atoms with Crippen molar-refractivity contribution in [1.82, 2.24) is 15.0 Å². The molecule has 3 N–H and O–H groups in total. The summed E-state index contributed by atoms with van der Waals surface area (Å²) in [5.41, 5.74) is 8.02. The second kappa shape index (κ2) is 9.29. The van der Waals surface area contributed by atoms with E-state index in [1.54, 1.807) is 19.9 Å². The third kappa shape index (κ3) is 4.78. The zero-order valence-electron chi connectivity index (χ0n) is 20.1. The molecule has 0 radical (unpaired) electrons. The Balaban J connectivity index is 1.61. The molecule has 0 bridgehead atoms. The van der Waals surface area contributed by atoms with Crippen LogP contribution in [0.25, 0.3) is 22.2 Å². The molecule has 0 amide bonds. The number of nitrogens with one attached hydrogen (secondary N) is 1. The van der Waals surface area contributed by atoms with Crippen LogP contribution in [-0.4, -0.2) is 28.0 Å². The topological polar surface area (TPSA) is 80.0 Å². The van der Waals surface area contributed by atoms with Crippen LogP contribution in [0.5, 0.6) is 0 Å². The van der Waals surface area contributed by atoms with Crippen LogP contribution in [0.1, 0.15) is 42.8 Å². The molecule has 1 fully saturated rings. The number of nitrogens with zero attached hydrogens (tertiary/aromatic N) is 4. The van der Waals surface area contributed by atoms with Gasteiger partial charge in [0.15, 0.2) is 5.65 Å². The molecular weight excluding hydrogens is 465 g/mol. The highest BCUT2D eigenvalue weighted by molar-refractivity contribution is 5.94. The number of halogens is 3. The van der Waals surface area contributed by atoms with E-state index in [0.29, 0.717) is 28.2 Å². The normalized spacial score (nSPS) is 14.9. The first-order valence-electron chi connectivity index (χ1n) is 11.9. The van der Waals surface area contributed by atoms with E-state index in [2.05, 4.69) is 20.2 Å². The van der Waals surface area contributed by atoms with Crippen LogP contribution in [0.2, 0.25) is 0 Å². The Morgan fingerprint density at radius 3 is 2.39 bits per heavy atom. The third-order valence-corrected chi connectivity index (χ3v) is 6.43. The van der Waals surface area contributed by atoms with Gasteiger partial charge in [0.2, 0.25) is 0 Å². The van der Waals surface area contributed by atoms with Crippen molar-refractivity contribution in [3.63, 3.8) is 0 Å². The predicted octanol–water partition coefficient (Wildman–Crippen LogP) is 6.37. The smallest absolute Gasteiger partial charge is 0.399 e. The third-order valence-electron chi connectivity index (χ3n) is 6.43. The molecule has 1 aliphatic rings. The molecule has 6 nitrogen and oxygen atoms in total. The van der Waals surface area contributed by atoms with Crippen molar-refractivity contribution in [2.24, 2.45) is 0 Å². The van der Waals surface area contributed by atoms with Crippen molar-refractivity contribution >= 4 is 28.4 Å². The molecular formula is C27H27F3N6. The number of pyridine rings is 1. The van der Waals surface area contributed by atoms with Crippen LogP contribution in [-0.2, 0) is 6.18 Å². The molecule has 5 rings (SSSR count). The molecule has 1 saturated heterocycles. The average Bonchev–Trinajstić information content (AvgIpc) is 3.38. The number of nitrogens with two attached hydrogens (primary N) is 1. The van der Waals surface area contributed by atoms with Crippen molar-refractivity contribution in [3.05, 3.63) is 71.5 Å². The van der Waals surface area contributed by atoms with E-state index in [-0.39, 0.29) is 5.69 Å². The van der Waals surface area contributed by atoms with Crippen molar-refractivity contribution in [2.75, 3.05) is 29.0 Å². The summed E-state index contributed by atoms with van der Waals surface area (Å²) in [7, 11) is 0. The number of aromatic nitrogens is 3. The maximum atomic E-state index is 13.4. The number of aryl methyl sites for hydroxylation is 1. The van der Waals surface area contributed by atoms with Gasteiger partial charge in [0.25, 0.3) is 0 Å². The Hall–Kier alpha value is -3.88. The number of alkyl halides is 3. The van der Waals surface area contributed by atoms with Gasteiger partial charge in [0.1, 0.15) is 17.5 Å². The molecule has 0 aliphatic carbocycles. The van der Waals surface area contributed by atoms with E-state index >= 15 is 0 Å². The van der Waals surface area contributed by atoms with E-state index in [0.717, 1.165) is 55.0 Å².